The molecule has 1 aliphatic rings. The zero-order chi connectivity index (χ0) is 11.8. The van der Waals surface area contributed by atoms with Crippen LogP contribution in [0.4, 0.5) is 11.5 Å². The van der Waals surface area contributed by atoms with Crippen molar-refractivity contribution in [3.63, 3.8) is 0 Å². The van der Waals surface area contributed by atoms with Crippen molar-refractivity contribution in [1.29, 1.82) is 0 Å². The summed E-state index contributed by atoms with van der Waals surface area (Å²) < 4.78 is 0. The third kappa shape index (κ3) is 1.56. The number of rotatable bonds is 1. The number of carbonyl (C=O) groups is 1. The minimum Gasteiger partial charge on any atom is -0.384 e. The zero-order valence-electron chi connectivity index (χ0n) is 9.16. The van der Waals surface area contributed by atoms with E-state index in [1.165, 1.54) is 0 Å². The fourth-order valence-corrected chi connectivity index (χ4v) is 2.14. The summed E-state index contributed by atoms with van der Waals surface area (Å²) in [5, 5.41) is 9.51. The van der Waals surface area contributed by atoms with E-state index in [-0.39, 0.29) is 5.91 Å². The van der Waals surface area contributed by atoms with Crippen molar-refractivity contribution in [2.24, 2.45) is 0 Å². The van der Waals surface area contributed by atoms with E-state index in [1.54, 1.807) is 6.20 Å². The molecule has 1 amide bonds. The molecule has 0 atom stereocenters. The van der Waals surface area contributed by atoms with Gasteiger partial charge in [-0.3, -0.25) is 9.89 Å². The van der Waals surface area contributed by atoms with Gasteiger partial charge in [0.1, 0.15) is 5.82 Å². The Kier molecular flexibility index (Phi) is 2.11. The van der Waals surface area contributed by atoms with Crippen LogP contribution in [0.1, 0.15) is 12.0 Å². The highest BCUT2D eigenvalue weighted by molar-refractivity contribution is 5.99. The molecule has 17 heavy (non-hydrogen) atoms. The second kappa shape index (κ2) is 3.62. The van der Waals surface area contributed by atoms with E-state index in [1.807, 2.05) is 18.2 Å². The maximum atomic E-state index is 11.5. The molecule has 5 nitrogen and oxygen atoms in total. The van der Waals surface area contributed by atoms with E-state index in [2.05, 4.69) is 15.5 Å². The van der Waals surface area contributed by atoms with Gasteiger partial charge < -0.3 is 11.1 Å². The van der Waals surface area contributed by atoms with Crippen molar-refractivity contribution in [3.8, 4) is 11.1 Å². The molecule has 0 unspecified atom stereocenters. The molecule has 0 spiro atoms. The number of aryl methyl sites for hydroxylation is 1. The molecule has 0 bridgehead atoms. The molecule has 0 saturated carbocycles. The van der Waals surface area contributed by atoms with Crippen LogP contribution >= 0.6 is 0 Å². The summed E-state index contributed by atoms with van der Waals surface area (Å²) in [5.41, 5.74) is 9.55. The van der Waals surface area contributed by atoms with Crippen LogP contribution in [0.3, 0.4) is 0 Å². The summed E-state index contributed by atoms with van der Waals surface area (Å²) in [6.45, 7) is 0. The number of aromatic nitrogens is 2. The smallest absolute Gasteiger partial charge is 0.224 e. The molecule has 2 aromatic rings. The minimum atomic E-state index is 0.0482. The topological polar surface area (TPSA) is 83.8 Å². The number of nitrogen functional groups attached to an aromatic ring is 1. The summed E-state index contributed by atoms with van der Waals surface area (Å²) in [4.78, 5) is 11.5. The minimum absolute atomic E-state index is 0.0482. The predicted molar refractivity (Wildman–Crippen MR) is 65.4 cm³/mol. The Morgan fingerprint density at radius 3 is 2.88 bits per heavy atom. The third-order valence-corrected chi connectivity index (χ3v) is 3.00. The maximum Gasteiger partial charge on any atom is 0.224 e. The molecular formula is C12H12N4O. The van der Waals surface area contributed by atoms with Crippen molar-refractivity contribution in [2.45, 2.75) is 12.8 Å². The highest BCUT2D eigenvalue weighted by Gasteiger charge is 2.19. The lowest BCUT2D eigenvalue weighted by Crippen LogP contribution is -2.19. The molecule has 5 heteroatoms. The number of anilines is 2. The monoisotopic (exact) mass is 228 g/mol. The van der Waals surface area contributed by atoms with E-state index in [0.717, 1.165) is 28.8 Å². The molecule has 1 aromatic heterocycles. The number of hydrogen-bond acceptors (Lipinski definition) is 3. The number of H-pyrrole nitrogens is 1. The molecule has 2 heterocycles. The van der Waals surface area contributed by atoms with Crippen LogP contribution in [0.25, 0.3) is 11.1 Å². The predicted octanol–water partition coefficient (Wildman–Crippen LogP) is 1.54. The van der Waals surface area contributed by atoms with Crippen molar-refractivity contribution >= 4 is 17.4 Å². The van der Waals surface area contributed by atoms with Crippen LogP contribution in [0.2, 0.25) is 0 Å². The van der Waals surface area contributed by atoms with Gasteiger partial charge in [0.25, 0.3) is 0 Å². The Morgan fingerprint density at radius 1 is 1.24 bits per heavy atom. The van der Waals surface area contributed by atoms with Gasteiger partial charge in [-0.15, -0.1) is 0 Å². The van der Waals surface area contributed by atoms with Gasteiger partial charge in [-0.25, -0.2) is 0 Å². The molecule has 0 radical (unpaired) electrons. The number of nitrogens with zero attached hydrogens (tertiary/aromatic N) is 1. The quantitative estimate of drug-likeness (QED) is 0.692. The zero-order valence-corrected chi connectivity index (χ0v) is 9.16. The summed E-state index contributed by atoms with van der Waals surface area (Å²) >= 11 is 0. The fraction of sp³-hybridized carbons (Fsp3) is 0.167. The molecule has 86 valence electrons. The van der Waals surface area contributed by atoms with Gasteiger partial charge in [0.15, 0.2) is 0 Å². The number of aromatic amines is 1. The highest BCUT2D eigenvalue weighted by Crippen LogP contribution is 2.35. The summed E-state index contributed by atoms with van der Waals surface area (Å²) in [6, 6.07) is 5.93. The number of fused-ring (bicyclic) bond motifs is 1. The van der Waals surface area contributed by atoms with Crippen molar-refractivity contribution in [1.82, 2.24) is 10.2 Å². The van der Waals surface area contributed by atoms with E-state index >= 15 is 0 Å². The molecule has 3 rings (SSSR count). The van der Waals surface area contributed by atoms with Crippen molar-refractivity contribution in [2.75, 3.05) is 11.1 Å². The average molecular weight is 228 g/mol. The molecule has 4 N–H and O–H groups in total. The first-order valence-corrected chi connectivity index (χ1v) is 5.46. The van der Waals surface area contributed by atoms with Gasteiger partial charge >= 0.3 is 0 Å². The number of nitrogens with two attached hydrogens (primary N) is 1. The summed E-state index contributed by atoms with van der Waals surface area (Å²) in [5.74, 6) is 0.560. The summed E-state index contributed by atoms with van der Waals surface area (Å²) in [7, 11) is 0. The largest absolute Gasteiger partial charge is 0.384 e. The molecule has 0 saturated heterocycles. The lowest BCUT2D eigenvalue weighted by molar-refractivity contribution is -0.116. The SMILES string of the molecule is Nc1[nH]ncc1-c1cccc2c1NC(=O)CC2. The van der Waals surface area contributed by atoms with Gasteiger partial charge in [0.05, 0.1) is 11.9 Å². The van der Waals surface area contributed by atoms with Crippen LogP contribution < -0.4 is 11.1 Å². The number of benzene rings is 1. The Hall–Kier alpha value is -2.30. The van der Waals surface area contributed by atoms with Gasteiger partial charge in [-0.1, -0.05) is 18.2 Å². The van der Waals surface area contributed by atoms with Gasteiger partial charge in [0.2, 0.25) is 5.91 Å². The Labute approximate surface area is 98.0 Å². The number of para-hydroxylation sites is 1. The van der Waals surface area contributed by atoms with E-state index in [9.17, 15) is 4.79 Å². The number of carbonyl (C=O) groups excluding carboxylic acids is 1. The molecule has 0 aliphatic carbocycles. The lowest BCUT2D eigenvalue weighted by Gasteiger charge is -2.19. The van der Waals surface area contributed by atoms with Crippen molar-refractivity contribution < 1.29 is 4.79 Å². The molecule has 1 aliphatic heterocycles. The first kappa shape index (κ1) is 9.89. The van der Waals surface area contributed by atoms with Crippen LogP contribution in [-0.4, -0.2) is 16.1 Å². The summed E-state index contributed by atoms with van der Waals surface area (Å²) in [6.07, 6.45) is 2.98. The standard InChI is InChI=1S/C12H12N4O/c13-12-9(6-14-16-12)8-3-1-2-7-4-5-10(17)15-11(7)8/h1-3,6H,4-5H2,(H,15,17)(H3,13,14,16). The van der Waals surface area contributed by atoms with E-state index in [4.69, 9.17) is 5.73 Å². The second-order valence-corrected chi connectivity index (χ2v) is 4.09. The van der Waals surface area contributed by atoms with Crippen LogP contribution in [0, 0.1) is 0 Å². The molecule has 0 fully saturated rings. The average Bonchev–Trinajstić information content (AvgIpc) is 2.74. The van der Waals surface area contributed by atoms with Crippen molar-refractivity contribution in [3.05, 3.63) is 30.0 Å². The highest BCUT2D eigenvalue weighted by atomic mass is 16.1. The number of amides is 1. The van der Waals surface area contributed by atoms with Gasteiger partial charge in [0, 0.05) is 17.5 Å². The van der Waals surface area contributed by atoms with Crippen LogP contribution in [0.5, 0.6) is 0 Å². The third-order valence-electron chi connectivity index (χ3n) is 3.00. The number of nitrogens with one attached hydrogen (secondary N) is 2. The maximum absolute atomic E-state index is 11.5. The van der Waals surface area contributed by atoms with Gasteiger partial charge in [-0.2, -0.15) is 5.10 Å². The second-order valence-electron chi connectivity index (χ2n) is 4.09. The first-order chi connectivity index (χ1) is 8.25. The lowest BCUT2D eigenvalue weighted by atomic mass is 9.96. The first-order valence-electron chi connectivity index (χ1n) is 5.46. The van der Waals surface area contributed by atoms with E-state index < -0.39 is 0 Å². The van der Waals surface area contributed by atoms with E-state index in [0.29, 0.717) is 12.2 Å². The van der Waals surface area contributed by atoms with Gasteiger partial charge in [-0.05, 0) is 12.0 Å². The normalized spacial score (nSPS) is 14.2. The van der Waals surface area contributed by atoms with Crippen LogP contribution in [-0.2, 0) is 11.2 Å². The number of hydrogen-bond donors (Lipinski definition) is 3. The Bertz CT molecular complexity index is 588. The Balaban J connectivity index is 2.18. The Morgan fingerprint density at radius 2 is 2.12 bits per heavy atom. The molecular weight excluding hydrogens is 216 g/mol. The van der Waals surface area contributed by atoms with Crippen LogP contribution in [0.15, 0.2) is 24.4 Å². The fourth-order valence-electron chi connectivity index (χ4n) is 2.14. The molecule has 1 aromatic carbocycles.